The molecule has 6 heteroatoms. The topological polar surface area (TPSA) is 28.9 Å². The molecular formula is C19H23FN3OS+. The zero-order chi connectivity index (χ0) is 17.5. The van der Waals surface area contributed by atoms with Gasteiger partial charge >= 0.3 is 0 Å². The first-order valence-corrected chi connectivity index (χ1v) is 8.94. The molecule has 0 spiro atoms. The number of piperazine rings is 1. The Morgan fingerprint density at radius 3 is 2.44 bits per heavy atom. The summed E-state index contributed by atoms with van der Waals surface area (Å²) in [5.74, 6) is 0.677. The lowest BCUT2D eigenvalue weighted by atomic mass is 10.3. The minimum atomic E-state index is -0.244. The summed E-state index contributed by atoms with van der Waals surface area (Å²) in [5.41, 5.74) is 0.817. The van der Waals surface area contributed by atoms with Crippen LogP contribution in [0.25, 0.3) is 0 Å². The van der Waals surface area contributed by atoms with Crippen LogP contribution in [0.1, 0.15) is 0 Å². The van der Waals surface area contributed by atoms with Gasteiger partial charge in [-0.15, -0.1) is 0 Å². The van der Waals surface area contributed by atoms with E-state index in [1.54, 1.807) is 12.1 Å². The van der Waals surface area contributed by atoms with Crippen LogP contribution in [-0.4, -0.2) is 49.3 Å². The average Bonchev–Trinajstić information content (AvgIpc) is 2.65. The normalized spacial score (nSPS) is 15.0. The summed E-state index contributed by atoms with van der Waals surface area (Å²) in [7, 11) is 0. The van der Waals surface area contributed by atoms with Crippen molar-refractivity contribution in [3.05, 3.63) is 60.4 Å². The summed E-state index contributed by atoms with van der Waals surface area (Å²) >= 11 is 5.47. The standard InChI is InChI=1S/C19H22FN3OS/c20-16-6-8-17(9-7-16)21-19(25)23-12-10-22(11-13-23)14-15-24-18-4-2-1-3-5-18/h1-9H,10-15H2,(H,21,25)/p+1. The summed E-state index contributed by atoms with van der Waals surface area (Å²) < 4.78 is 18.7. The summed E-state index contributed by atoms with van der Waals surface area (Å²) in [6, 6.07) is 16.2. The fourth-order valence-electron chi connectivity index (χ4n) is 2.84. The van der Waals surface area contributed by atoms with Gasteiger partial charge in [-0.25, -0.2) is 4.39 Å². The van der Waals surface area contributed by atoms with Crippen LogP contribution in [0.2, 0.25) is 0 Å². The smallest absolute Gasteiger partial charge is 0.173 e. The fraction of sp³-hybridized carbons (Fsp3) is 0.316. The molecule has 1 aliphatic heterocycles. The predicted molar refractivity (Wildman–Crippen MR) is 102 cm³/mol. The Labute approximate surface area is 153 Å². The van der Waals surface area contributed by atoms with Gasteiger partial charge in [-0.3, -0.25) is 0 Å². The van der Waals surface area contributed by atoms with E-state index in [9.17, 15) is 4.39 Å². The number of hydrogen-bond donors (Lipinski definition) is 2. The highest BCUT2D eigenvalue weighted by Gasteiger charge is 2.21. The second-order valence-electron chi connectivity index (χ2n) is 6.09. The Balaban J connectivity index is 1.37. The van der Waals surface area contributed by atoms with Gasteiger partial charge in [0.1, 0.15) is 24.7 Å². The van der Waals surface area contributed by atoms with Crippen LogP contribution in [-0.2, 0) is 0 Å². The lowest BCUT2D eigenvalue weighted by molar-refractivity contribution is -0.903. The van der Waals surface area contributed by atoms with Crippen LogP contribution < -0.4 is 15.0 Å². The molecule has 4 nitrogen and oxygen atoms in total. The number of nitrogens with zero attached hydrogens (tertiary/aromatic N) is 1. The Kier molecular flexibility index (Phi) is 6.19. The third-order valence-corrected chi connectivity index (χ3v) is 4.68. The van der Waals surface area contributed by atoms with Crippen LogP contribution in [0.5, 0.6) is 5.75 Å². The van der Waals surface area contributed by atoms with E-state index in [1.165, 1.54) is 17.0 Å². The number of nitrogens with one attached hydrogen (secondary N) is 2. The van der Waals surface area contributed by atoms with Crippen molar-refractivity contribution in [2.24, 2.45) is 0 Å². The molecule has 0 amide bonds. The molecule has 2 aromatic carbocycles. The van der Waals surface area contributed by atoms with Crippen LogP contribution in [0.15, 0.2) is 54.6 Å². The van der Waals surface area contributed by atoms with Gasteiger partial charge in [0.25, 0.3) is 0 Å². The molecule has 1 fully saturated rings. The van der Waals surface area contributed by atoms with E-state index in [-0.39, 0.29) is 5.82 Å². The maximum absolute atomic E-state index is 12.9. The molecule has 0 saturated carbocycles. The number of para-hydroxylation sites is 1. The highest BCUT2D eigenvalue weighted by atomic mass is 32.1. The molecule has 132 valence electrons. The summed E-state index contributed by atoms with van der Waals surface area (Å²) in [5, 5.41) is 3.88. The third kappa shape index (κ3) is 5.41. The van der Waals surface area contributed by atoms with Crippen molar-refractivity contribution in [2.75, 3.05) is 44.6 Å². The van der Waals surface area contributed by atoms with Crippen LogP contribution in [0, 0.1) is 5.82 Å². The highest BCUT2D eigenvalue weighted by Crippen LogP contribution is 2.10. The van der Waals surface area contributed by atoms with Crippen LogP contribution in [0.4, 0.5) is 10.1 Å². The van der Waals surface area contributed by atoms with Crippen molar-refractivity contribution < 1.29 is 14.0 Å². The summed E-state index contributed by atoms with van der Waals surface area (Å²) in [4.78, 5) is 3.69. The van der Waals surface area contributed by atoms with Gasteiger partial charge in [0.15, 0.2) is 5.11 Å². The first kappa shape index (κ1) is 17.6. The third-order valence-electron chi connectivity index (χ3n) is 4.32. The van der Waals surface area contributed by atoms with Crippen molar-refractivity contribution >= 4 is 23.0 Å². The molecule has 1 heterocycles. The minimum absolute atomic E-state index is 0.244. The van der Waals surface area contributed by atoms with E-state index in [1.807, 2.05) is 30.3 Å². The van der Waals surface area contributed by atoms with Gasteiger partial charge in [-0.2, -0.15) is 0 Å². The predicted octanol–water partition coefficient (Wildman–Crippen LogP) is 1.80. The van der Waals surface area contributed by atoms with Crippen LogP contribution in [0.3, 0.4) is 0 Å². The van der Waals surface area contributed by atoms with E-state index in [4.69, 9.17) is 17.0 Å². The number of thiocarbonyl (C=S) groups is 1. The molecular weight excluding hydrogens is 337 g/mol. The van der Waals surface area contributed by atoms with E-state index in [2.05, 4.69) is 10.2 Å². The monoisotopic (exact) mass is 360 g/mol. The molecule has 0 bridgehead atoms. The van der Waals surface area contributed by atoms with Crippen molar-refractivity contribution in [1.29, 1.82) is 0 Å². The number of hydrogen-bond acceptors (Lipinski definition) is 2. The number of quaternary nitrogens is 1. The second kappa shape index (κ2) is 8.78. The number of benzene rings is 2. The molecule has 0 aliphatic carbocycles. The second-order valence-corrected chi connectivity index (χ2v) is 6.47. The zero-order valence-corrected chi connectivity index (χ0v) is 14.9. The zero-order valence-electron chi connectivity index (χ0n) is 14.1. The molecule has 2 N–H and O–H groups in total. The van der Waals surface area contributed by atoms with E-state index >= 15 is 0 Å². The van der Waals surface area contributed by atoms with E-state index < -0.39 is 0 Å². The highest BCUT2D eigenvalue weighted by molar-refractivity contribution is 7.80. The van der Waals surface area contributed by atoms with Gasteiger partial charge < -0.3 is 19.9 Å². The van der Waals surface area contributed by atoms with Gasteiger partial charge in [-0.05, 0) is 48.6 Å². The molecule has 0 aromatic heterocycles. The molecule has 1 aliphatic rings. The van der Waals surface area contributed by atoms with Gasteiger partial charge in [0.2, 0.25) is 0 Å². The molecule has 0 unspecified atom stereocenters. The van der Waals surface area contributed by atoms with Crippen molar-refractivity contribution in [2.45, 2.75) is 0 Å². The Morgan fingerprint density at radius 1 is 1.08 bits per heavy atom. The Morgan fingerprint density at radius 2 is 1.76 bits per heavy atom. The first-order valence-electron chi connectivity index (χ1n) is 8.53. The van der Waals surface area contributed by atoms with E-state index in [0.29, 0.717) is 5.11 Å². The summed E-state index contributed by atoms with van der Waals surface area (Å²) in [6.07, 6.45) is 0. The maximum Gasteiger partial charge on any atom is 0.173 e. The Bertz CT molecular complexity index is 673. The Hall–Kier alpha value is -2.18. The first-order chi connectivity index (χ1) is 12.2. The number of ether oxygens (including phenoxy) is 1. The fourth-order valence-corrected chi connectivity index (χ4v) is 3.14. The van der Waals surface area contributed by atoms with Crippen molar-refractivity contribution in [3.8, 4) is 5.75 Å². The van der Waals surface area contributed by atoms with Gasteiger partial charge in [-0.1, -0.05) is 18.2 Å². The molecule has 0 radical (unpaired) electrons. The molecule has 0 atom stereocenters. The quantitative estimate of drug-likeness (QED) is 0.796. The number of halogens is 1. The lowest BCUT2D eigenvalue weighted by Gasteiger charge is -2.33. The number of anilines is 1. The summed E-state index contributed by atoms with van der Waals surface area (Å²) in [6.45, 7) is 5.59. The minimum Gasteiger partial charge on any atom is -0.488 e. The van der Waals surface area contributed by atoms with Crippen LogP contribution >= 0.6 is 12.2 Å². The van der Waals surface area contributed by atoms with Crippen molar-refractivity contribution in [1.82, 2.24) is 4.90 Å². The van der Waals surface area contributed by atoms with Gasteiger partial charge in [0.05, 0.1) is 26.2 Å². The van der Waals surface area contributed by atoms with E-state index in [0.717, 1.165) is 50.8 Å². The molecule has 2 aromatic rings. The maximum atomic E-state index is 12.9. The molecule has 3 rings (SSSR count). The SMILES string of the molecule is Fc1ccc(NC(=S)N2CC[NH+](CCOc3ccccc3)CC2)cc1. The number of rotatable bonds is 5. The van der Waals surface area contributed by atoms with Crippen molar-refractivity contribution in [3.63, 3.8) is 0 Å². The largest absolute Gasteiger partial charge is 0.488 e. The molecule has 25 heavy (non-hydrogen) atoms. The lowest BCUT2D eigenvalue weighted by Crippen LogP contribution is -3.15. The molecule has 1 saturated heterocycles. The van der Waals surface area contributed by atoms with Gasteiger partial charge in [0, 0.05) is 5.69 Å². The average molecular weight is 360 g/mol.